The lowest BCUT2D eigenvalue weighted by Crippen LogP contribution is -2.37. The van der Waals surface area contributed by atoms with Crippen LogP contribution in [-0.2, 0) is 16.1 Å². The summed E-state index contributed by atoms with van der Waals surface area (Å²) in [6.45, 7) is 7.01. The summed E-state index contributed by atoms with van der Waals surface area (Å²) in [5.41, 5.74) is 0.897. The van der Waals surface area contributed by atoms with Gasteiger partial charge in [0.1, 0.15) is 17.2 Å². The molecule has 0 saturated carbocycles. The normalized spacial score (nSPS) is 14.6. The molecule has 6 heteroatoms. The number of thiazole rings is 1. The second kappa shape index (κ2) is 7.57. The molecule has 0 bridgehead atoms. The minimum Gasteiger partial charge on any atom is -0.480 e. The Hall–Kier alpha value is -0.980. The van der Waals surface area contributed by atoms with Crippen LogP contribution in [0.25, 0.3) is 0 Å². The predicted octanol–water partition coefficient (Wildman–Crippen LogP) is 2.54. The van der Waals surface area contributed by atoms with Gasteiger partial charge < -0.3 is 9.84 Å². The molecule has 0 fully saturated rings. The SMILES string of the molecule is CCOC(C)c1nc(CN(C)C(CC)C(=O)O)cs1. The lowest BCUT2D eigenvalue weighted by Gasteiger charge is -2.22. The van der Waals surface area contributed by atoms with Gasteiger partial charge in [-0.15, -0.1) is 11.3 Å². The number of carbonyl (C=O) groups is 1. The topological polar surface area (TPSA) is 62.7 Å². The molecule has 0 radical (unpaired) electrons. The summed E-state index contributed by atoms with van der Waals surface area (Å²) in [6, 6.07) is -0.463. The van der Waals surface area contributed by atoms with E-state index >= 15 is 0 Å². The number of ether oxygens (including phenoxy) is 1. The van der Waals surface area contributed by atoms with Crippen LogP contribution in [-0.4, -0.2) is 40.7 Å². The molecule has 1 aromatic rings. The maximum atomic E-state index is 11.1. The van der Waals surface area contributed by atoms with Crippen molar-refractivity contribution in [3.63, 3.8) is 0 Å². The predicted molar refractivity (Wildman–Crippen MR) is 75.3 cm³/mol. The standard InChI is InChI=1S/C13H22N2O3S/c1-5-11(13(16)17)15(4)7-10-8-19-12(14-10)9(3)18-6-2/h8-9,11H,5-7H2,1-4H3,(H,16,17). The first-order valence-electron chi connectivity index (χ1n) is 6.48. The third-order valence-electron chi connectivity index (χ3n) is 2.95. The average Bonchev–Trinajstić information content (AvgIpc) is 2.78. The van der Waals surface area contributed by atoms with Crippen molar-refractivity contribution in [3.05, 3.63) is 16.1 Å². The molecule has 2 atom stereocenters. The van der Waals surface area contributed by atoms with E-state index < -0.39 is 12.0 Å². The highest BCUT2D eigenvalue weighted by Crippen LogP contribution is 2.22. The summed E-state index contributed by atoms with van der Waals surface area (Å²) in [5, 5.41) is 12.0. The summed E-state index contributed by atoms with van der Waals surface area (Å²) >= 11 is 1.56. The molecule has 0 saturated heterocycles. The molecule has 1 rings (SSSR count). The van der Waals surface area contributed by atoms with Crippen LogP contribution in [0, 0.1) is 0 Å². The molecule has 19 heavy (non-hydrogen) atoms. The molecule has 0 aliphatic rings. The van der Waals surface area contributed by atoms with E-state index in [2.05, 4.69) is 4.98 Å². The van der Waals surface area contributed by atoms with Crippen molar-refractivity contribution in [3.8, 4) is 0 Å². The van der Waals surface area contributed by atoms with Gasteiger partial charge in [-0.25, -0.2) is 4.98 Å². The van der Waals surface area contributed by atoms with Gasteiger partial charge in [0.15, 0.2) is 0 Å². The first kappa shape index (κ1) is 16.1. The van der Waals surface area contributed by atoms with Gasteiger partial charge in [-0.1, -0.05) is 6.92 Å². The number of hydrogen-bond donors (Lipinski definition) is 1. The van der Waals surface area contributed by atoms with Crippen molar-refractivity contribution < 1.29 is 14.6 Å². The molecule has 0 spiro atoms. The molecular weight excluding hydrogens is 264 g/mol. The molecule has 0 amide bonds. The number of aromatic nitrogens is 1. The smallest absolute Gasteiger partial charge is 0.320 e. The molecule has 0 aromatic carbocycles. The lowest BCUT2D eigenvalue weighted by molar-refractivity contribution is -0.143. The van der Waals surface area contributed by atoms with Crippen LogP contribution in [0.3, 0.4) is 0 Å². The number of carboxylic acids is 1. The van der Waals surface area contributed by atoms with Gasteiger partial charge >= 0.3 is 5.97 Å². The van der Waals surface area contributed by atoms with E-state index in [0.717, 1.165) is 10.7 Å². The van der Waals surface area contributed by atoms with E-state index in [4.69, 9.17) is 9.84 Å². The van der Waals surface area contributed by atoms with Gasteiger partial charge in [0.25, 0.3) is 0 Å². The van der Waals surface area contributed by atoms with Crippen LogP contribution >= 0.6 is 11.3 Å². The number of rotatable bonds is 8. The van der Waals surface area contributed by atoms with Crippen molar-refractivity contribution in [2.45, 2.75) is 45.9 Å². The molecule has 1 aromatic heterocycles. The molecule has 1 N–H and O–H groups in total. The summed E-state index contributed by atoms with van der Waals surface area (Å²) < 4.78 is 5.49. The largest absolute Gasteiger partial charge is 0.480 e. The van der Waals surface area contributed by atoms with Gasteiger partial charge in [0.05, 0.1) is 5.69 Å². The van der Waals surface area contributed by atoms with Crippen LogP contribution in [0.4, 0.5) is 0 Å². The van der Waals surface area contributed by atoms with Gasteiger partial charge in [0, 0.05) is 18.5 Å². The zero-order valence-corrected chi connectivity index (χ0v) is 12.7. The molecule has 2 unspecified atom stereocenters. The average molecular weight is 286 g/mol. The number of likely N-dealkylation sites (N-methyl/N-ethyl adjacent to an activating group) is 1. The number of nitrogens with zero attached hydrogens (tertiary/aromatic N) is 2. The maximum Gasteiger partial charge on any atom is 0.320 e. The Morgan fingerprint density at radius 3 is 2.79 bits per heavy atom. The number of aliphatic carboxylic acids is 1. The highest BCUT2D eigenvalue weighted by molar-refractivity contribution is 7.09. The van der Waals surface area contributed by atoms with Crippen molar-refractivity contribution >= 4 is 17.3 Å². The fourth-order valence-electron chi connectivity index (χ4n) is 1.94. The van der Waals surface area contributed by atoms with E-state index in [9.17, 15) is 4.79 Å². The Balaban J connectivity index is 2.65. The van der Waals surface area contributed by atoms with E-state index in [1.807, 2.05) is 38.1 Å². The molecule has 0 aliphatic carbocycles. The number of carboxylic acid groups (broad SMARTS) is 1. The summed E-state index contributed by atoms with van der Waals surface area (Å²) in [4.78, 5) is 17.4. The zero-order chi connectivity index (χ0) is 14.4. The molecule has 5 nitrogen and oxygen atoms in total. The van der Waals surface area contributed by atoms with E-state index in [0.29, 0.717) is 19.6 Å². The second-order valence-corrected chi connectivity index (χ2v) is 5.34. The minimum atomic E-state index is -0.789. The lowest BCUT2D eigenvalue weighted by atomic mass is 10.2. The first-order valence-corrected chi connectivity index (χ1v) is 7.36. The van der Waals surface area contributed by atoms with Crippen LogP contribution in [0.15, 0.2) is 5.38 Å². The highest BCUT2D eigenvalue weighted by atomic mass is 32.1. The number of hydrogen-bond acceptors (Lipinski definition) is 5. The Kier molecular flexibility index (Phi) is 6.41. The van der Waals surface area contributed by atoms with Gasteiger partial charge in [-0.3, -0.25) is 9.69 Å². The molecule has 1 heterocycles. The minimum absolute atomic E-state index is 0.00416. The highest BCUT2D eigenvalue weighted by Gasteiger charge is 2.21. The van der Waals surface area contributed by atoms with Crippen LogP contribution < -0.4 is 0 Å². The Morgan fingerprint density at radius 2 is 2.26 bits per heavy atom. The molecular formula is C13H22N2O3S. The molecule has 108 valence electrons. The van der Waals surface area contributed by atoms with E-state index in [1.54, 1.807) is 11.3 Å². The summed E-state index contributed by atoms with van der Waals surface area (Å²) in [6.07, 6.45) is 0.577. The van der Waals surface area contributed by atoms with Crippen molar-refractivity contribution in [1.82, 2.24) is 9.88 Å². The summed E-state index contributed by atoms with van der Waals surface area (Å²) in [5.74, 6) is -0.789. The third kappa shape index (κ3) is 4.56. The van der Waals surface area contributed by atoms with Gasteiger partial charge in [-0.2, -0.15) is 0 Å². The van der Waals surface area contributed by atoms with Crippen molar-refractivity contribution in [2.75, 3.05) is 13.7 Å². The van der Waals surface area contributed by atoms with Gasteiger partial charge in [0.2, 0.25) is 0 Å². The van der Waals surface area contributed by atoms with Crippen molar-refractivity contribution in [1.29, 1.82) is 0 Å². The Bertz CT molecular complexity index is 408. The third-order valence-corrected chi connectivity index (χ3v) is 4.00. The monoisotopic (exact) mass is 286 g/mol. The quantitative estimate of drug-likeness (QED) is 0.795. The van der Waals surface area contributed by atoms with E-state index in [-0.39, 0.29) is 6.10 Å². The Labute approximate surface area is 118 Å². The molecule has 0 aliphatic heterocycles. The van der Waals surface area contributed by atoms with Crippen molar-refractivity contribution in [2.24, 2.45) is 0 Å². The van der Waals surface area contributed by atoms with Gasteiger partial charge in [-0.05, 0) is 27.3 Å². The maximum absolute atomic E-state index is 11.1. The fraction of sp³-hybridized carbons (Fsp3) is 0.692. The Morgan fingerprint density at radius 1 is 1.58 bits per heavy atom. The zero-order valence-electron chi connectivity index (χ0n) is 11.9. The van der Waals surface area contributed by atoms with Crippen LogP contribution in [0.1, 0.15) is 44.0 Å². The van der Waals surface area contributed by atoms with Crippen LogP contribution in [0.2, 0.25) is 0 Å². The van der Waals surface area contributed by atoms with E-state index in [1.165, 1.54) is 0 Å². The second-order valence-electron chi connectivity index (χ2n) is 4.45. The van der Waals surface area contributed by atoms with Crippen LogP contribution in [0.5, 0.6) is 0 Å². The summed E-state index contributed by atoms with van der Waals surface area (Å²) in [7, 11) is 1.81. The fourth-order valence-corrected chi connectivity index (χ4v) is 2.76. The first-order chi connectivity index (χ1) is 8.99.